The van der Waals surface area contributed by atoms with Gasteiger partial charge in [0.2, 0.25) is 11.8 Å². The van der Waals surface area contributed by atoms with Crippen LogP contribution < -0.4 is 10.1 Å². The van der Waals surface area contributed by atoms with Crippen LogP contribution in [0, 0.1) is 18.7 Å². The van der Waals surface area contributed by atoms with E-state index in [1.807, 2.05) is 19.1 Å². The number of hydrogen-bond donors (Lipinski definition) is 1. The zero-order valence-electron chi connectivity index (χ0n) is 17.4. The fraction of sp³-hybridized carbons (Fsp3) is 0.391. The van der Waals surface area contributed by atoms with Crippen molar-refractivity contribution in [2.75, 3.05) is 13.2 Å². The van der Waals surface area contributed by atoms with Gasteiger partial charge in [0.05, 0.1) is 5.56 Å². The molecule has 8 heteroatoms. The third-order valence-electron chi connectivity index (χ3n) is 5.57. The molecule has 1 aliphatic carbocycles. The summed E-state index contributed by atoms with van der Waals surface area (Å²) in [6.45, 7) is 2.46. The molecule has 1 saturated carbocycles. The molecular weight excluding hydrogens is 399 g/mol. The number of rotatable bonds is 7. The second kappa shape index (κ2) is 9.68. The lowest BCUT2D eigenvalue weighted by molar-refractivity contribution is -0.123. The number of carbonyl (C=O) groups excluding carboxylic acids is 1. The Morgan fingerprint density at radius 2 is 1.90 bits per heavy atom. The van der Waals surface area contributed by atoms with Crippen molar-refractivity contribution < 1.29 is 18.3 Å². The first-order chi connectivity index (χ1) is 15.1. The van der Waals surface area contributed by atoms with Gasteiger partial charge in [0.25, 0.3) is 5.91 Å². The van der Waals surface area contributed by atoms with E-state index in [0.717, 1.165) is 36.9 Å². The highest BCUT2D eigenvalue weighted by Crippen LogP contribution is 2.35. The van der Waals surface area contributed by atoms with Gasteiger partial charge in [-0.2, -0.15) is 0 Å². The summed E-state index contributed by atoms with van der Waals surface area (Å²) in [6, 6.07) is 9.46. The van der Waals surface area contributed by atoms with Gasteiger partial charge < -0.3 is 14.5 Å². The second-order valence-electron chi connectivity index (χ2n) is 7.90. The van der Waals surface area contributed by atoms with E-state index >= 15 is 0 Å². The summed E-state index contributed by atoms with van der Waals surface area (Å²) in [6.07, 6.45) is 5.59. The third kappa shape index (κ3) is 5.65. The predicted molar refractivity (Wildman–Crippen MR) is 112 cm³/mol. The molecule has 162 valence electrons. The van der Waals surface area contributed by atoms with Crippen LogP contribution in [0.3, 0.4) is 0 Å². The molecule has 0 bridgehead atoms. The van der Waals surface area contributed by atoms with Gasteiger partial charge in [-0.3, -0.25) is 9.78 Å². The van der Waals surface area contributed by atoms with Crippen LogP contribution in [-0.4, -0.2) is 34.2 Å². The van der Waals surface area contributed by atoms with Gasteiger partial charge in [-0.05, 0) is 74.9 Å². The van der Waals surface area contributed by atoms with Crippen LogP contribution in [0.4, 0.5) is 4.39 Å². The average molecular weight is 424 g/mol. The number of aromatic nitrogens is 3. The number of pyridine rings is 1. The molecule has 1 fully saturated rings. The van der Waals surface area contributed by atoms with Crippen molar-refractivity contribution in [2.45, 2.75) is 38.5 Å². The van der Waals surface area contributed by atoms with E-state index in [1.54, 1.807) is 6.20 Å². The Bertz CT molecular complexity index is 996. The largest absolute Gasteiger partial charge is 0.484 e. The van der Waals surface area contributed by atoms with Crippen LogP contribution in [0.15, 0.2) is 47.0 Å². The molecule has 0 aliphatic heterocycles. The number of ether oxygens (including phenoxy) is 1. The molecule has 3 aromatic rings. The zero-order valence-corrected chi connectivity index (χ0v) is 17.4. The molecular formula is C23H25FN4O3. The maximum absolute atomic E-state index is 12.9. The van der Waals surface area contributed by atoms with Crippen molar-refractivity contribution in [2.24, 2.45) is 5.92 Å². The number of carbonyl (C=O) groups is 1. The number of benzene rings is 1. The van der Waals surface area contributed by atoms with E-state index in [-0.39, 0.29) is 24.2 Å². The van der Waals surface area contributed by atoms with Crippen LogP contribution in [0.1, 0.15) is 43.2 Å². The molecule has 0 radical (unpaired) electrons. The van der Waals surface area contributed by atoms with Crippen molar-refractivity contribution in [1.82, 2.24) is 20.5 Å². The van der Waals surface area contributed by atoms with Crippen LogP contribution in [0.5, 0.6) is 5.75 Å². The number of hydrogen-bond acceptors (Lipinski definition) is 6. The Morgan fingerprint density at radius 3 is 2.61 bits per heavy atom. The molecule has 0 unspecified atom stereocenters. The highest BCUT2D eigenvalue weighted by atomic mass is 19.1. The first kappa shape index (κ1) is 21.0. The summed E-state index contributed by atoms with van der Waals surface area (Å²) >= 11 is 0. The molecule has 1 aliphatic rings. The standard InChI is InChI=1S/C23H25FN4O3/c1-15-2-5-18(13-25-15)23-28-27-22(31-23)17-6-3-16(4-7-17)12-26-21(29)14-30-20-10-8-19(24)9-11-20/h2,5,8-11,13,16-17H,3-4,6-7,12,14H2,1H3,(H,26,29). The second-order valence-corrected chi connectivity index (χ2v) is 7.90. The molecule has 0 spiro atoms. The summed E-state index contributed by atoms with van der Waals surface area (Å²) in [5, 5.41) is 11.3. The van der Waals surface area contributed by atoms with Crippen LogP contribution in [-0.2, 0) is 4.79 Å². The smallest absolute Gasteiger partial charge is 0.257 e. The summed E-state index contributed by atoms with van der Waals surface area (Å²) in [5.41, 5.74) is 1.76. The summed E-state index contributed by atoms with van der Waals surface area (Å²) < 4.78 is 24.2. The Morgan fingerprint density at radius 1 is 1.13 bits per heavy atom. The van der Waals surface area contributed by atoms with E-state index in [0.29, 0.717) is 30.0 Å². The van der Waals surface area contributed by atoms with Crippen molar-refractivity contribution in [3.63, 3.8) is 0 Å². The molecule has 0 atom stereocenters. The molecule has 2 heterocycles. The van der Waals surface area contributed by atoms with Gasteiger partial charge in [-0.1, -0.05) is 0 Å². The zero-order chi connectivity index (χ0) is 21.6. The van der Waals surface area contributed by atoms with E-state index in [4.69, 9.17) is 9.15 Å². The minimum atomic E-state index is -0.337. The van der Waals surface area contributed by atoms with E-state index < -0.39 is 0 Å². The number of nitrogens with zero attached hydrogens (tertiary/aromatic N) is 3. The van der Waals surface area contributed by atoms with Gasteiger partial charge in [0.1, 0.15) is 11.6 Å². The molecule has 2 aromatic heterocycles. The normalized spacial score (nSPS) is 18.5. The van der Waals surface area contributed by atoms with Gasteiger partial charge >= 0.3 is 0 Å². The number of aryl methyl sites for hydroxylation is 1. The highest BCUT2D eigenvalue weighted by molar-refractivity contribution is 5.77. The van der Waals surface area contributed by atoms with Crippen LogP contribution >= 0.6 is 0 Å². The Hall–Kier alpha value is -3.29. The van der Waals surface area contributed by atoms with E-state index in [2.05, 4.69) is 20.5 Å². The Labute approximate surface area is 180 Å². The summed E-state index contributed by atoms with van der Waals surface area (Å²) in [4.78, 5) is 16.3. The van der Waals surface area contributed by atoms with E-state index in [1.165, 1.54) is 24.3 Å². The highest BCUT2D eigenvalue weighted by Gasteiger charge is 2.26. The Balaban J connectivity index is 1.20. The maximum Gasteiger partial charge on any atom is 0.257 e. The molecule has 1 aromatic carbocycles. The van der Waals surface area contributed by atoms with Crippen LogP contribution in [0.25, 0.3) is 11.5 Å². The lowest BCUT2D eigenvalue weighted by Gasteiger charge is -2.26. The molecule has 1 N–H and O–H groups in total. The topological polar surface area (TPSA) is 90.1 Å². The first-order valence-corrected chi connectivity index (χ1v) is 10.5. The monoisotopic (exact) mass is 424 g/mol. The Kier molecular flexibility index (Phi) is 6.54. The maximum atomic E-state index is 12.9. The fourth-order valence-corrected chi connectivity index (χ4v) is 3.71. The van der Waals surface area contributed by atoms with Gasteiger partial charge in [-0.25, -0.2) is 4.39 Å². The first-order valence-electron chi connectivity index (χ1n) is 10.5. The quantitative estimate of drug-likeness (QED) is 0.615. The van der Waals surface area contributed by atoms with Gasteiger partial charge in [0, 0.05) is 24.4 Å². The average Bonchev–Trinajstić information content (AvgIpc) is 3.28. The molecule has 7 nitrogen and oxygen atoms in total. The van der Waals surface area contributed by atoms with Crippen molar-refractivity contribution in [3.8, 4) is 17.2 Å². The summed E-state index contributed by atoms with van der Waals surface area (Å²) in [5.74, 6) is 1.78. The van der Waals surface area contributed by atoms with Gasteiger partial charge in [0.15, 0.2) is 6.61 Å². The molecule has 1 amide bonds. The molecule has 31 heavy (non-hydrogen) atoms. The minimum Gasteiger partial charge on any atom is -0.484 e. The SMILES string of the molecule is Cc1ccc(-c2nnc(C3CCC(CNC(=O)COc4ccc(F)cc4)CC3)o2)cn1. The number of amides is 1. The number of nitrogens with one attached hydrogen (secondary N) is 1. The summed E-state index contributed by atoms with van der Waals surface area (Å²) in [7, 11) is 0. The van der Waals surface area contributed by atoms with Crippen molar-refractivity contribution in [1.29, 1.82) is 0 Å². The fourth-order valence-electron chi connectivity index (χ4n) is 3.71. The molecule has 0 saturated heterocycles. The third-order valence-corrected chi connectivity index (χ3v) is 5.57. The molecule has 4 rings (SSSR count). The number of halogens is 1. The van der Waals surface area contributed by atoms with Crippen molar-refractivity contribution >= 4 is 5.91 Å². The minimum absolute atomic E-state index is 0.0837. The van der Waals surface area contributed by atoms with E-state index in [9.17, 15) is 9.18 Å². The predicted octanol–water partition coefficient (Wildman–Crippen LogP) is 4.05. The van der Waals surface area contributed by atoms with Gasteiger partial charge in [-0.15, -0.1) is 10.2 Å². The van der Waals surface area contributed by atoms with Crippen molar-refractivity contribution in [3.05, 3.63) is 60.0 Å². The lowest BCUT2D eigenvalue weighted by atomic mass is 9.82. The lowest BCUT2D eigenvalue weighted by Crippen LogP contribution is -2.34. The van der Waals surface area contributed by atoms with Crippen LogP contribution in [0.2, 0.25) is 0 Å².